The summed E-state index contributed by atoms with van der Waals surface area (Å²) in [6.45, 7) is 0. The second-order valence-corrected chi connectivity index (χ2v) is 4.72. The Kier molecular flexibility index (Phi) is 2.40. The van der Waals surface area contributed by atoms with Crippen molar-refractivity contribution < 1.29 is 15.3 Å². The van der Waals surface area contributed by atoms with E-state index in [2.05, 4.69) is 0 Å². The van der Waals surface area contributed by atoms with Crippen LogP contribution >= 0.6 is 0 Å². The fourth-order valence-corrected chi connectivity index (χ4v) is 2.69. The highest BCUT2D eigenvalue weighted by atomic mass is 16.3. The highest BCUT2D eigenvalue weighted by Crippen LogP contribution is 2.42. The van der Waals surface area contributed by atoms with Gasteiger partial charge in [-0.2, -0.15) is 0 Å². The summed E-state index contributed by atoms with van der Waals surface area (Å²) in [4.78, 5) is 0. The molecule has 1 atom stereocenters. The van der Waals surface area contributed by atoms with Gasteiger partial charge < -0.3 is 15.3 Å². The summed E-state index contributed by atoms with van der Waals surface area (Å²) in [6, 6.07) is 10.4. The first kappa shape index (κ1) is 11.0. The lowest BCUT2D eigenvalue weighted by Crippen LogP contribution is -1.95. The molecule has 0 fully saturated rings. The molecule has 3 rings (SSSR count). The maximum Gasteiger partial charge on any atom is 0.157 e. The normalized spacial score (nSPS) is 17.7. The van der Waals surface area contributed by atoms with E-state index in [1.165, 1.54) is 0 Å². The molecule has 0 radical (unpaired) electrons. The number of rotatable bonds is 1. The van der Waals surface area contributed by atoms with Crippen molar-refractivity contribution in [2.24, 2.45) is 0 Å². The van der Waals surface area contributed by atoms with Crippen LogP contribution in [0.3, 0.4) is 0 Å². The summed E-state index contributed by atoms with van der Waals surface area (Å²) in [7, 11) is 0. The summed E-state index contributed by atoms with van der Waals surface area (Å²) >= 11 is 0. The van der Waals surface area contributed by atoms with Gasteiger partial charge in [-0.3, -0.25) is 0 Å². The Hall–Kier alpha value is -2.16. The minimum absolute atomic E-state index is 0.0555. The average molecular weight is 242 g/mol. The van der Waals surface area contributed by atoms with Crippen molar-refractivity contribution in [3.63, 3.8) is 0 Å². The van der Waals surface area contributed by atoms with Crippen molar-refractivity contribution in [2.75, 3.05) is 0 Å². The number of benzene rings is 2. The Morgan fingerprint density at radius 1 is 0.889 bits per heavy atom. The number of fused-ring (bicyclic) bond motifs is 1. The molecule has 2 aromatic carbocycles. The lowest BCUT2D eigenvalue weighted by atomic mass is 9.93. The standard InChI is InChI=1S/C15H14O3/c16-11-4-1-9(2-5-11)12-6-3-10-7-14(17)15(18)8-13(10)12/h1-2,4-5,7-8,12,16-18H,3,6H2. The molecule has 0 aromatic heterocycles. The van der Waals surface area contributed by atoms with Crippen molar-refractivity contribution in [3.05, 3.63) is 53.1 Å². The molecule has 0 amide bonds. The van der Waals surface area contributed by atoms with Crippen LogP contribution in [-0.2, 0) is 6.42 Å². The third-order valence-corrected chi connectivity index (χ3v) is 3.61. The molecule has 3 N–H and O–H groups in total. The van der Waals surface area contributed by atoms with E-state index in [0.29, 0.717) is 0 Å². The van der Waals surface area contributed by atoms with Crippen LogP contribution in [0.15, 0.2) is 36.4 Å². The van der Waals surface area contributed by atoms with Crippen LogP contribution in [0.5, 0.6) is 17.2 Å². The molecule has 2 aromatic rings. The third kappa shape index (κ3) is 1.68. The van der Waals surface area contributed by atoms with E-state index in [9.17, 15) is 15.3 Å². The van der Waals surface area contributed by atoms with Gasteiger partial charge in [-0.05, 0) is 53.8 Å². The van der Waals surface area contributed by atoms with Crippen LogP contribution in [0.2, 0.25) is 0 Å². The number of phenols is 3. The molecule has 1 aliphatic carbocycles. The number of hydrogen-bond donors (Lipinski definition) is 3. The van der Waals surface area contributed by atoms with Crippen molar-refractivity contribution in [1.82, 2.24) is 0 Å². The molecule has 1 unspecified atom stereocenters. The molecule has 0 saturated heterocycles. The van der Waals surface area contributed by atoms with Crippen LogP contribution < -0.4 is 0 Å². The van der Waals surface area contributed by atoms with Gasteiger partial charge in [0.2, 0.25) is 0 Å². The van der Waals surface area contributed by atoms with E-state index in [0.717, 1.165) is 29.5 Å². The summed E-state index contributed by atoms with van der Waals surface area (Å²) in [5.74, 6) is 0.358. The zero-order chi connectivity index (χ0) is 12.7. The molecule has 0 saturated carbocycles. The second kappa shape index (κ2) is 3.95. The molecule has 0 heterocycles. The minimum Gasteiger partial charge on any atom is -0.508 e. The fraction of sp³-hybridized carbons (Fsp3) is 0.200. The SMILES string of the molecule is Oc1ccc(C2CCc3cc(O)c(O)cc32)cc1. The topological polar surface area (TPSA) is 60.7 Å². The highest BCUT2D eigenvalue weighted by molar-refractivity contribution is 5.51. The van der Waals surface area contributed by atoms with E-state index in [1.54, 1.807) is 24.3 Å². The summed E-state index contributed by atoms with van der Waals surface area (Å²) in [5.41, 5.74) is 3.27. The maximum absolute atomic E-state index is 9.60. The van der Waals surface area contributed by atoms with Gasteiger partial charge in [0.05, 0.1) is 0 Å². The molecular weight excluding hydrogens is 228 g/mol. The molecule has 18 heavy (non-hydrogen) atoms. The smallest absolute Gasteiger partial charge is 0.157 e. The number of hydrogen-bond acceptors (Lipinski definition) is 3. The third-order valence-electron chi connectivity index (χ3n) is 3.61. The predicted molar refractivity (Wildman–Crippen MR) is 68.0 cm³/mol. The van der Waals surface area contributed by atoms with Gasteiger partial charge in [-0.1, -0.05) is 12.1 Å². The lowest BCUT2D eigenvalue weighted by Gasteiger charge is -2.13. The number of aromatic hydroxyl groups is 3. The Bertz CT molecular complexity index is 587. The first-order valence-corrected chi connectivity index (χ1v) is 5.99. The van der Waals surface area contributed by atoms with E-state index >= 15 is 0 Å². The Balaban J connectivity index is 2.04. The Morgan fingerprint density at radius 3 is 2.28 bits per heavy atom. The molecule has 0 aliphatic heterocycles. The van der Waals surface area contributed by atoms with Gasteiger partial charge in [0, 0.05) is 5.92 Å². The fourth-order valence-electron chi connectivity index (χ4n) is 2.69. The molecule has 3 nitrogen and oxygen atoms in total. The minimum atomic E-state index is -0.0700. The van der Waals surface area contributed by atoms with Crippen molar-refractivity contribution >= 4 is 0 Å². The van der Waals surface area contributed by atoms with E-state index in [4.69, 9.17) is 0 Å². The largest absolute Gasteiger partial charge is 0.508 e. The van der Waals surface area contributed by atoms with Crippen molar-refractivity contribution in [1.29, 1.82) is 0 Å². The molecule has 3 heteroatoms. The summed E-state index contributed by atoms with van der Waals surface area (Å²) < 4.78 is 0. The lowest BCUT2D eigenvalue weighted by molar-refractivity contribution is 0.403. The zero-order valence-electron chi connectivity index (χ0n) is 9.80. The summed E-state index contributed by atoms with van der Waals surface area (Å²) in [5, 5.41) is 28.4. The van der Waals surface area contributed by atoms with Crippen LogP contribution in [0.4, 0.5) is 0 Å². The monoisotopic (exact) mass is 242 g/mol. The first-order chi connectivity index (χ1) is 8.65. The predicted octanol–water partition coefficient (Wildman–Crippen LogP) is 2.88. The van der Waals surface area contributed by atoms with Crippen LogP contribution in [0, 0.1) is 0 Å². The Labute approximate surface area is 105 Å². The van der Waals surface area contributed by atoms with Crippen molar-refractivity contribution in [2.45, 2.75) is 18.8 Å². The van der Waals surface area contributed by atoms with Gasteiger partial charge in [0.25, 0.3) is 0 Å². The summed E-state index contributed by atoms with van der Waals surface area (Å²) in [6.07, 6.45) is 1.86. The molecule has 92 valence electrons. The molecule has 0 spiro atoms. The molecule has 0 bridgehead atoms. The highest BCUT2D eigenvalue weighted by Gasteiger charge is 2.25. The van der Waals surface area contributed by atoms with Gasteiger partial charge in [0.1, 0.15) is 5.75 Å². The average Bonchev–Trinajstić information content (AvgIpc) is 2.74. The first-order valence-electron chi connectivity index (χ1n) is 5.99. The van der Waals surface area contributed by atoms with Crippen LogP contribution in [0.1, 0.15) is 29.0 Å². The van der Waals surface area contributed by atoms with Gasteiger partial charge in [0.15, 0.2) is 11.5 Å². The molecular formula is C15H14O3. The van der Waals surface area contributed by atoms with E-state index in [-0.39, 0.29) is 23.2 Å². The maximum atomic E-state index is 9.60. The molecule has 1 aliphatic rings. The van der Waals surface area contributed by atoms with Crippen molar-refractivity contribution in [3.8, 4) is 17.2 Å². The second-order valence-electron chi connectivity index (χ2n) is 4.72. The van der Waals surface area contributed by atoms with Gasteiger partial charge >= 0.3 is 0 Å². The van der Waals surface area contributed by atoms with Gasteiger partial charge in [-0.15, -0.1) is 0 Å². The zero-order valence-corrected chi connectivity index (χ0v) is 9.80. The van der Waals surface area contributed by atoms with E-state index in [1.807, 2.05) is 12.1 Å². The van der Waals surface area contributed by atoms with Crippen LogP contribution in [0.25, 0.3) is 0 Å². The quantitative estimate of drug-likeness (QED) is 0.674. The van der Waals surface area contributed by atoms with Crippen LogP contribution in [-0.4, -0.2) is 15.3 Å². The number of phenolic OH excluding ortho intramolecular Hbond substituents is 3. The number of aryl methyl sites for hydroxylation is 1. The van der Waals surface area contributed by atoms with E-state index < -0.39 is 0 Å². The Morgan fingerprint density at radius 2 is 1.56 bits per heavy atom. The van der Waals surface area contributed by atoms with Gasteiger partial charge in [-0.25, -0.2) is 0 Å².